The quantitative estimate of drug-likeness (QED) is 0.175. The third-order valence-electron chi connectivity index (χ3n) is 6.90. The third kappa shape index (κ3) is 6.26. The predicted molar refractivity (Wildman–Crippen MR) is 160 cm³/mol. The van der Waals surface area contributed by atoms with Crippen molar-refractivity contribution in [2.75, 3.05) is 37.7 Å². The van der Waals surface area contributed by atoms with Crippen LogP contribution in [0.1, 0.15) is 15.9 Å². The number of piperazine rings is 1. The number of rotatable bonds is 8. The minimum Gasteiger partial charge on any atom is -0.506 e. The van der Waals surface area contributed by atoms with E-state index in [9.17, 15) is 24.8 Å². The number of nitro groups is 1. The Kier molecular flexibility index (Phi) is 8.49. The van der Waals surface area contributed by atoms with E-state index in [0.717, 1.165) is 16.3 Å². The van der Waals surface area contributed by atoms with Gasteiger partial charge in [-0.2, -0.15) is 5.10 Å². The molecule has 1 aliphatic rings. The lowest BCUT2D eigenvalue weighted by Crippen LogP contribution is -2.50. The van der Waals surface area contributed by atoms with Crippen molar-refractivity contribution in [1.82, 2.24) is 10.3 Å². The first-order valence-electron chi connectivity index (χ1n) is 13.0. The summed E-state index contributed by atoms with van der Waals surface area (Å²) >= 11 is 5.87. The van der Waals surface area contributed by atoms with Crippen molar-refractivity contribution >= 4 is 51.8 Å². The minimum absolute atomic E-state index is 0.0469. The first-order chi connectivity index (χ1) is 20.3. The standard InChI is InChI=1S/C30H26ClN5O6/c31-24-17-20(9-11-27(24)37)30(39)33-32-18-21-10-12-28(23-6-2-1-5-22(21)23)42-19-29(38)35-15-13-34(14-16-35)25-7-3-4-8-26(25)36(40)41/h1-12,17-18,37H,13-16,19H2,(H,33,39)/b32-18+. The van der Waals surface area contributed by atoms with Gasteiger partial charge in [0.05, 0.1) is 16.2 Å². The molecule has 12 heteroatoms. The van der Waals surface area contributed by atoms with Gasteiger partial charge in [-0.3, -0.25) is 19.7 Å². The lowest BCUT2D eigenvalue weighted by molar-refractivity contribution is -0.384. The summed E-state index contributed by atoms with van der Waals surface area (Å²) in [5.41, 5.74) is 4.01. The number of nitro benzene ring substituents is 1. The van der Waals surface area contributed by atoms with E-state index >= 15 is 0 Å². The number of carbonyl (C=O) groups is 2. The number of para-hydroxylation sites is 2. The van der Waals surface area contributed by atoms with E-state index in [4.69, 9.17) is 16.3 Å². The second-order valence-corrected chi connectivity index (χ2v) is 9.87. The highest BCUT2D eigenvalue weighted by molar-refractivity contribution is 6.32. The molecule has 4 aromatic rings. The van der Waals surface area contributed by atoms with Crippen LogP contribution in [0.2, 0.25) is 5.02 Å². The highest BCUT2D eigenvalue weighted by atomic mass is 35.5. The fraction of sp³-hybridized carbons (Fsp3) is 0.167. The van der Waals surface area contributed by atoms with Crippen LogP contribution in [0.3, 0.4) is 0 Å². The molecule has 1 heterocycles. The maximum atomic E-state index is 12.9. The van der Waals surface area contributed by atoms with Crippen molar-refractivity contribution in [3.63, 3.8) is 0 Å². The summed E-state index contributed by atoms with van der Waals surface area (Å²) < 4.78 is 5.93. The number of fused-ring (bicyclic) bond motifs is 1. The molecule has 1 fully saturated rings. The molecule has 0 unspecified atom stereocenters. The molecule has 5 rings (SSSR count). The van der Waals surface area contributed by atoms with Crippen LogP contribution < -0.4 is 15.1 Å². The van der Waals surface area contributed by atoms with Crippen LogP contribution in [0.4, 0.5) is 11.4 Å². The van der Waals surface area contributed by atoms with Gasteiger partial charge < -0.3 is 19.6 Å². The largest absolute Gasteiger partial charge is 0.506 e. The van der Waals surface area contributed by atoms with E-state index in [1.165, 1.54) is 30.5 Å². The summed E-state index contributed by atoms with van der Waals surface area (Å²) in [7, 11) is 0. The van der Waals surface area contributed by atoms with Gasteiger partial charge in [-0.05, 0) is 41.8 Å². The molecule has 1 saturated heterocycles. The Morgan fingerprint density at radius 1 is 1.00 bits per heavy atom. The molecule has 2 N–H and O–H groups in total. The van der Waals surface area contributed by atoms with Crippen molar-refractivity contribution < 1.29 is 24.4 Å². The van der Waals surface area contributed by atoms with Gasteiger partial charge in [-0.25, -0.2) is 5.43 Å². The van der Waals surface area contributed by atoms with Crippen LogP contribution in [0, 0.1) is 10.1 Å². The number of ether oxygens (including phenoxy) is 1. The lowest BCUT2D eigenvalue weighted by Gasteiger charge is -2.35. The summed E-state index contributed by atoms with van der Waals surface area (Å²) in [5, 5.41) is 26.6. The van der Waals surface area contributed by atoms with E-state index in [1.54, 1.807) is 35.2 Å². The molecule has 0 bridgehead atoms. The monoisotopic (exact) mass is 587 g/mol. The maximum absolute atomic E-state index is 12.9. The summed E-state index contributed by atoms with van der Waals surface area (Å²) in [6, 6.07) is 21.7. The molecule has 0 aliphatic carbocycles. The summed E-state index contributed by atoms with van der Waals surface area (Å²) in [5.74, 6) is -0.258. The Morgan fingerprint density at radius 2 is 1.71 bits per heavy atom. The Labute approximate surface area is 245 Å². The molecule has 0 radical (unpaired) electrons. The number of halogens is 1. The van der Waals surface area contributed by atoms with Gasteiger partial charge in [0, 0.05) is 48.8 Å². The van der Waals surface area contributed by atoms with Crippen LogP contribution in [0.25, 0.3) is 10.8 Å². The van der Waals surface area contributed by atoms with Crippen LogP contribution in [-0.4, -0.2) is 65.7 Å². The van der Waals surface area contributed by atoms with E-state index < -0.39 is 10.8 Å². The molecule has 2 amide bonds. The number of benzene rings is 4. The third-order valence-corrected chi connectivity index (χ3v) is 7.20. The van der Waals surface area contributed by atoms with Crippen molar-refractivity contribution in [3.05, 3.63) is 105 Å². The highest BCUT2D eigenvalue weighted by Gasteiger charge is 2.25. The molecule has 0 spiro atoms. The second kappa shape index (κ2) is 12.6. The number of nitrogens with one attached hydrogen (secondary N) is 1. The fourth-order valence-electron chi connectivity index (χ4n) is 4.72. The van der Waals surface area contributed by atoms with Gasteiger partial charge in [-0.1, -0.05) is 48.0 Å². The molecular weight excluding hydrogens is 562 g/mol. The normalized spacial score (nSPS) is 13.4. The number of anilines is 1. The van der Waals surface area contributed by atoms with Gasteiger partial charge in [0.2, 0.25) is 0 Å². The predicted octanol–water partition coefficient (Wildman–Crippen LogP) is 4.60. The summed E-state index contributed by atoms with van der Waals surface area (Å²) in [6.07, 6.45) is 1.51. The average molecular weight is 588 g/mol. The molecule has 1 aliphatic heterocycles. The van der Waals surface area contributed by atoms with E-state index in [2.05, 4.69) is 10.5 Å². The topological polar surface area (TPSA) is 138 Å². The lowest BCUT2D eigenvalue weighted by atomic mass is 10.0. The Balaban J connectivity index is 1.20. The average Bonchev–Trinajstić information content (AvgIpc) is 3.01. The fourth-order valence-corrected chi connectivity index (χ4v) is 4.90. The number of phenols is 1. The van der Waals surface area contributed by atoms with Crippen LogP contribution >= 0.6 is 11.6 Å². The molecule has 0 aromatic heterocycles. The van der Waals surface area contributed by atoms with Crippen molar-refractivity contribution in [1.29, 1.82) is 0 Å². The smallest absolute Gasteiger partial charge is 0.292 e. The minimum atomic E-state index is -0.487. The van der Waals surface area contributed by atoms with E-state index in [-0.39, 0.29) is 34.5 Å². The number of aromatic hydroxyl groups is 1. The molecule has 4 aromatic carbocycles. The first kappa shape index (κ1) is 28.4. The number of hydrazone groups is 1. The molecular formula is C30H26ClN5O6. The number of amides is 2. The Morgan fingerprint density at radius 3 is 2.45 bits per heavy atom. The Bertz CT molecular complexity index is 1690. The SMILES string of the molecule is O=C(N/N=C/c1ccc(OCC(=O)N2CCN(c3ccccc3[N+](=O)[O-])CC2)c2ccccc12)c1ccc(O)c(Cl)c1. The number of hydrogen-bond donors (Lipinski definition) is 2. The molecule has 0 atom stereocenters. The molecule has 11 nitrogen and oxygen atoms in total. The zero-order valence-electron chi connectivity index (χ0n) is 22.3. The van der Waals surface area contributed by atoms with Crippen LogP contribution in [-0.2, 0) is 4.79 Å². The van der Waals surface area contributed by atoms with E-state index in [1.807, 2.05) is 29.2 Å². The van der Waals surface area contributed by atoms with Crippen molar-refractivity contribution in [2.24, 2.45) is 5.10 Å². The molecule has 0 saturated carbocycles. The second-order valence-electron chi connectivity index (χ2n) is 9.47. The number of carbonyl (C=O) groups excluding carboxylic acids is 2. The summed E-state index contributed by atoms with van der Waals surface area (Å²) in [6.45, 7) is 1.64. The highest BCUT2D eigenvalue weighted by Crippen LogP contribution is 2.30. The first-order valence-corrected chi connectivity index (χ1v) is 13.4. The number of nitrogens with zero attached hydrogens (tertiary/aromatic N) is 4. The summed E-state index contributed by atoms with van der Waals surface area (Å²) in [4.78, 5) is 39.9. The van der Waals surface area contributed by atoms with Gasteiger partial charge in [0.15, 0.2) is 6.61 Å². The number of phenolic OH excluding ortho intramolecular Hbond substituents is 1. The van der Waals surface area contributed by atoms with Crippen molar-refractivity contribution in [2.45, 2.75) is 0 Å². The van der Waals surface area contributed by atoms with Gasteiger partial charge in [-0.15, -0.1) is 0 Å². The van der Waals surface area contributed by atoms with Gasteiger partial charge in [0.1, 0.15) is 17.2 Å². The van der Waals surface area contributed by atoms with Gasteiger partial charge in [0.25, 0.3) is 17.5 Å². The zero-order chi connectivity index (χ0) is 29.6. The van der Waals surface area contributed by atoms with Crippen LogP contribution in [0.15, 0.2) is 84.0 Å². The van der Waals surface area contributed by atoms with E-state index in [0.29, 0.717) is 37.6 Å². The van der Waals surface area contributed by atoms with Crippen LogP contribution in [0.5, 0.6) is 11.5 Å². The number of hydrogen-bond acceptors (Lipinski definition) is 8. The van der Waals surface area contributed by atoms with Crippen molar-refractivity contribution in [3.8, 4) is 11.5 Å². The molecule has 42 heavy (non-hydrogen) atoms. The maximum Gasteiger partial charge on any atom is 0.292 e. The molecule has 214 valence electrons. The Hall–Kier alpha value is -5.16. The zero-order valence-corrected chi connectivity index (χ0v) is 23.0. The van der Waals surface area contributed by atoms with Gasteiger partial charge >= 0.3 is 0 Å².